The zero-order valence-corrected chi connectivity index (χ0v) is 19.8. The van der Waals surface area contributed by atoms with Gasteiger partial charge in [0.25, 0.3) is 5.91 Å². The zero-order chi connectivity index (χ0) is 25.6. The van der Waals surface area contributed by atoms with Crippen molar-refractivity contribution in [2.45, 2.75) is 0 Å². The van der Waals surface area contributed by atoms with Crippen LogP contribution in [0, 0.1) is 0 Å². The third kappa shape index (κ3) is 5.63. The summed E-state index contributed by atoms with van der Waals surface area (Å²) in [4.78, 5) is 29.0. The molecule has 5 aromatic rings. The summed E-state index contributed by atoms with van der Waals surface area (Å²) in [5, 5.41) is 19.5. The Bertz CT molecular complexity index is 1550. The molecular formula is C30H24N4O3. The molecule has 4 N–H and O–H groups in total. The van der Waals surface area contributed by atoms with Crippen LogP contribution in [-0.2, 0) is 0 Å². The lowest BCUT2D eigenvalue weighted by atomic mass is 10.1. The Balaban J connectivity index is 1.25. The summed E-state index contributed by atoms with van der Waals surface area (Å²) in [6.45, 7) is -0.549. The van der Waals surface area contributed by atoms with E-state index in [4.69, 9.17) is 0 Å². The van der Waals surface area contributed by atoms with E-state index in [2.05, 4.69) is 20.9 Å². The Labute approximate surface area is 213 Å². The first kappa shape index (κ1) is 23.7. The van der Waals surface area contributed by atoms with Crippen molar-refractivity contribution in [3.63, 3.8) is 0 Å². The number of carbonyl (C=O) groups is 2. The molecule has 0 fully saturated rings. The molecule has 0 aliphatic heterocycles. The van der Waals surface area contributed by atoms with Gasteiger partial charge in [0.2, 0.25) is 0 Å². The van der Waals surface area contributed by atoms with E-state index in [0.29, 0.717) is 16.8 Å². The largest absolute Gasteiger partial charge is 0.388 e. The molecule has 0 aliphatic carbocycles. The second-order valence-corrected chi connectivity index (χ2v) is 8.40. The number of nitrogens with one attached hydrogen (secondary N) is 3. The SMILES string of the molecule is O=C(CO)c1ccc2nccc(Nc3ccc(C(=O)Nc4ccc(Nc5ccccc5)cc4)cc3)c2c1. The monoisotopic (exact) mass is 488 g/mol. The standard InChI is InChI=1S/C30H24N4O3/c35-19-29(36)21-8-15-27-26(18-21)28(16-17-31-27)33-24-9-6-20(7-10-24)30(37)34-25-13-11-23(12-14-25)32-22-4-2-1-3-5-22/h1-18,32,35H,19H2,(H,31,33)(H,34,37). The Hall–Kier alpha value is -5.01. The molecule has 5 rings (SSSR count). The average Bonchev–Trinajstić information content (AvgIpc) is 2.94. The van der Waals surface area contributed by atoms with Crippen molar-refractivity contribution < 1.29 is 14.7 Å². The van der Waals surface area contributed by atoms with Crippen molar-refractivity contribution in [2.75, 3.05) is 22.6 Å². The average molecular weight is 489 g/mol. The minimum Gasteiger partial charge on any atom is -0.388 e. The van der Waals surface area contributed by atoms with Gasteiger partial charge < -0.3 is 21.1 Å². The number of benzene rings is 4. The molecule has 7 heteroatoms. The normalized spacial score (nSPS) is 10.6. The molecule has 0 spiro atoms. The molecule has 7 nitrogen and oxygen atoms in total. The number of rotatable bonds is 8. The van der Waals surface area contributed by atoms with E-state index in [9.17, 15) is 14.7 Å². The summed E-state index contributed by atoms with van der Waals surface area (Å²) in [5.41, 5.74) is 5.82. The fraction of sp³-hybridized carbons (Fsp3) is 0.0333. The van der Waals surface area contributed by atoms with Crippen LogP contribution in [0.5, 0.6) is 0 Å². The number of amides is 1. The van der Waals surface area contributed by atoms with E-state index in [1.54, 1.807) is 36.5 Å². The van der Waals surface area contributed by atoms with Crippen molar-refractivity contribution in [1.82, 2.24) is 4.98 Å². The Kier molecular flexibility index (Phi) is 6.87. The molecule has 0 aliphatic rings. The number of fused-ring (bicyclic) bond motifs is 1. The highest BCUT2D eigenvalue weighted by atomic mass is 16.3. The molecule has 37 heavy (non-hydrogen) atoms. The van der Waals surface area contributed by atoms with Gasteiger partial charge in [-0.3, -0.25) is 14.6 Å². The van der Waals surface area contributed by atoms with Gasteiger partial charge in [0.1, 0.15) is 6.61 Å². The van der Waals surface area contributed by atoms with Crippen LogP contribution in [-0.4, -0.2) is 28.4 Å². The van der Waals surface area contributed by atoms with Gasteiger partial charge >= 0.3 is 0 Å². The molecule has 0 unspecified atom stereocenters. The van der Waals surface area contributed by atoms with Gasteiger partial charge in [-0.15, -0.1) is 0 Å². The van der Waals surface area contributed by atoms with Gasteiger partial charge in [-0.05, 0) is 84.9 Å². The first-order chi connectivity index (χ1) is 18.1. The topological polar surface area (TPSA) is 103 Å². The third-order valence-corrected chi connectivity index (χ3v) is 5.84. The van der Waals surface area contributed by atoms with E-state index in [1.165, 1.54) is 0 Å². The number of hydrogen-bond donors (Lipinski definition) is 4. The van der Waals surface area contributed by atoms with Crippen molar-refractivity contribution in [3.8, 4) is 0 Å². The number of anilines is 5. The van der Waals surface area contributed by atoms with E-state index in [-0.39, 0.29) is 11.7 Å². The van der Waals surface area contributed by atoms with Crippen LogP contribution in [0.3, 0.4) is 0 Å². The highest BCUT2D eigenvalue weighted by molar-refractivity contribution is 6.05. The second-order valence-electron chi connectivity index (χ2n) is 8.40. The number of ketones is 1. The van der Waals surface area contributed by atoms with Crippen LogP contribution in [0.1, 0.15) is 20.7 Å². The maximum absolute atomic E-state index is 12.8. The number of aromatic nitrogens is 1. The highest BCUT2D eigenvalue weighted by Gasteiger charge is 2.10. The van der Waals surface area contributed by atoms with Gasteiger partial charge in [-0.2, -0.15) is 0 Å². The summed E-state index contributed by atoms with van der Waals surface area (Å²) < 4.78 is 0. The summed E-state index contributed by atoms with van der Waals surface area (Å²) in [6, 6.07) is 31.4. The van der Waals surface area contributed by atoms with Gasteiger partial charge in [0.05, 0.1) is 5.52 Å². The van der Waals surface area contributed by atoms with Crippen molar-refractivity contribution in [1.29, 1.82) is 0 Å². The number of pyridine rings is 1. The minimum atomic E-state index is -0.549. The first-order valence-corrected chi connectivity index (χ1v) is 11.7. The van der Waals surface area contributed by atoms with Crippen LogP contribution >= 0.6 is 0 Å². The highest BCUT2D eigenvalue weighted by Crippen LogP contribution is 2.27. The number of carbonyl (C=O) groups excluding carboxylic acids is 2. The molecule has 0 atom stereocenters. The zero-order valence-electron chi connectivity index (χ0n) is 19.8. The summed E-state index contributed by atoms with van der Waals surface area (Å²) in [5.74, 6) is -0.564. The number of hydrogen-bond acceptors (Lipinski definition) is 6. The molecular weight excluding hydrogens is 464 g/mol. The summed E-state index contributed by atoms with van der Waals surface area (Å²) in [7, 11) is 0. The lowest BCUT2D eigenvalue weighted by Gasteiger charge is -2.11. The van der Waals surface area contributed by atoms with Crippen LogP contribution < -0.4 is 16.0 Å². The second kappa shape index (κ2) is 10.7. The van der Waals surface area contributed by atoms with Gasteiger partial charge in [0, 0.05) is 51.1 Å². The molecule has 1 heterocycles. The number of aliphatic hydroxyl groups is 1. The number of nitrogens with zero attached hydrogens (tertiary/aromatic N) is 1. The lowest BCUT2D eigenvalue weighted by molar-refractivity contribution is 0.0903. The maximum atomic E-state index is 12.8. The van der Waals surface area contributed by atoms with Crippen LogP contribution in [0.25, 0.3) is 10.9 Å². The van der Waals surface area contributed by atoms with Gasteiger partial charge in [0.15, 0.2) is 5.78 Å². The van der Waals surface area contributed by atoms with Gasteiger partial charge in [-0.1, -0.05) is 18.2 Å². The lowest BCUT2D eigenvalue weighted by Crippen LogP contribution is -2.11. The molecule has 0 radical (unpaired) electrons. The fourth-order valence-corrected chi connectivity index (χ4v) is 3.91. The van der Waals surface area contributed by atoms with Crippen molar-refractivity contribution in [2.24, 2.45) is 0 Å². The van der Waals surface area contributed by atoms with Crippen LogP contribution in [0.2, 0.25) is 0 Å². The molecule has 0 saturated heterocycles. The predicted molar refractivity (Wildman–Crippen MR) is 147 cm³/mol. The number of Topliss-reactive ketones (excluding diaryl/α,β-unsaturated/α-hetero) is 1. The molecule has 0 bridgehead atoms. The van der Waals surface area contributed by atoms with E-state index in [1.807, 2.05) is 72.8 Å². The fourth-order valence-electron chi connectivity index (χ4n) is 3.91. The Morgan fingerprint density at radius 2 is 1.30 bits per heavy atom. The summed E-state index contributed by atoms with van der Waals surface area (Å²) >= 11 is 0. The molecule has 1 amide bonds. The Morgan fingerprint density at radius 3 is 2.03 bits per heavy atom. The van der Waals surface area contributed by atoms with Crippen molar-refractivity contribution >= 4 is 51.0 Å². The predicted octanol–water partition coefficient (Wildman–Crippen LogP) is 6.15. The maximum Gasteiger partial charge on any atom is 0.255 e. The van der Waals surface area contributed by atoms with E-state index in [0.717, 1.165) is 33.7 Å². The number of aliphatic hydroxyl groups excluding tert-OH is 1. The van der Waals surface area contributed by atoms with Crippen LogP contribution in [0.15, 0.2) is 109 Å². The smallest absolute Gasteiger partial charge is 0.255 e. The first-order valence-electron chi connectivity index (χ1n) is 11.7. The molecule has 1 aromatic heterocycles. The third-order valence-electron chi connectivity index (χ3n) is 5.84. The quantitative estimate of drug-likeness (QED) is 0.195. The molecule has 182 valence electrons. The summed E-state index contributed by atoms with van der Waals surface area (Å²) in [6.07, 6.45) is 1.68. The molecule has 0 saturated carbocycles. The molecule has 4 aromatic carbocycles. The van der Waals surface area contributed by atoms with E-state index >= 15 is 0 Å². The minimum absolute atomic E-state index is 0.211. The van der Waals surface area contributed by atoms with Crippen LogP contribution in [0.4, 0.5) is 28.4 Å². The van der Waals surface area contributed by atoms with Gasteiger partial charge in [-0.25, -0.2) is 0 Å². The Morgan fingerprint density at radius 1 is 0.676 bits per heavy atom. The van der Waals surface area contributed by atoms with E-state index < -0.39 is 6.61 Å². The number of para-hydroxylation sites is 1. The van der Waals surface area contributed by atoms with Crippen molar-refractivity contribution in [3.05, 3.63) is 120 Å².